The molecule has 3 rings (SSSR count). The van der Waals surface area contributed by atoms with Crippen molar-refractivity contribution in [1.82, 2.24) is 9.38 Å². The summed E-state index contributed by atoms with van der Waals surface area (Å²) in [4.78, 5) is 16.5. The molecule has 4 nitrogen and oxygen atoms in total. The Morgan fingerprint density at radius 3 is 3.00 bits per heavy atom. The van der Waals surface area contributed by atoms with Crippen LogP contribution in [0.4, 0.5) is 5.69 Å². The van der Waals surface area contributed by atoms with Gasteiger partial charge in [0.1, 0.15) is 11.3 Å². The Balaban J connectivity index is 1.97. The van der Waals surface area contributed by atoms with Crippen LogP contribution in [0.1, 0.15) is 16.1 Å². The van der Waals surface area contributed by atoms with E-state index in [4.69, 9.17) is 11.6 Å². The zero-order valence-electron chi connectivity index (χ0n) is 10.8. The zero-order chi connectivity index (χ0) is 14.1. The maximum Gasteiger partial charge on any atom is 0.272 e. The highest BCUT2D eigenvalue weighted by Crippen LogP contribution is 2.21. The summed E-state index contributed by atoms with van der Waals surface area (Å²) in [6, 6.07) is 10.8. The van der Waals surface area contributed by atoms with E-state index in [-0.39, 0.29) is 5.91 Å². The molecule has 0 saturated carbocycles. The number of carbonyl (C=O) groups excluding carboxylic acids is 1. The van der Waals surface area contributed by atoms with E-state index in [0.29, 0.717) is 16.4 Å². The average molecular weight is 286 g/mol. The summed E-state index contributed by atoms with van der Waals surface area (Å²) in [5.74, 6) is -0.195. The van der Waals surface area contributed by atoms with E-state index in [1.165, 1.54) is 0 Å². The Morgan fingerprint density at radius 1 is 1.30 bits per heavy atom. The van der Waals surface area contributed by atoms with E-state index in [1.807, 2.05) is 25.1 Å². The number of aromatic nitrogens is 2. The highest BCUT2D eigenvalue weighted by Gasteiger charge is 2.11. The van der Waals surface area contributed by atoms with Gasteiger partial charge in [-0.2, -0.15) is 0 Å². The van der Waals surface area contributed by atoms with Gasteiger partial charge in [-0.15, -0.1) is 0 Å². The number of benzene rings is 1. The Bertz CT molecular complexity index is 795. The number of anilines is 1. The van der Waals surface area contributed by atoms with Gasteiger partial charge in [0.15, 0.2) is 0 Å². The fraction of sp³-hybridized carbons (Fsp3) is 0.0667. The lowest BCUT2D eigenvalue weighted by atomic mass is 10.2. The molecule has 0 atom stereocenters. The van der Waals surface area contributed by atoms with E-state index in [1.54, 1.807) is 35.0 Å². The van der Waals surface area contributed by atoms with Crippen LogP contribution in [-0.2, 0) is 0 Å². The molecule has 0 fully saturated rings. The van der Waals surface area contributed by atoms with Crippen LogP contribution in [0.5, 0.6) is 0 Å². The van der Waals surface area contributed by atoms with E-state index in [0.717, 1.165) is 11.2 Å². The van der Waals surface area contributed by atoms with E-state index in [9.17, 15) is 4.79 Å². The first kappa shape index (κ1) is 12.7. The smallest absolute Gasteiger partial charge is 0.272 e. The molecular weight excluding hydrogens is 274 g/mol. The Hall–Kier alpha value is -2.33. The van der Waals surface area contributed by atoms with Crippen LogP contribution in [0, 0.1) is 6.92 Å². The number of halogens is 1. The van der Waals surface area contributed by atoms with Crippen LogP contribution in [-0.4, -0.2) is 15.3 Å². The first-order chi connectivity index (χ1) is 9.65. The number of hydrogen-bond acceptors (Lipinski definition) is 2. The Kier molecular flexibility index (Phi) is 3.16. The summed E-state index contributed by atoms with van der Waals surface area (Å²) >= 11 is 5.96. The molecule has 0 unspecified atom stereocenters. The molecule has 0 aliphatic heterocycles. The SMILES string of the molecule is Cc1ccc(Cl)cc1NC(=O)c1cccc2nccn12. The molecule has 20 heavy (non-hydrogen) atoms. The standard InChI is InChI=1S/C15H12ClN3O/c1-10-5-6-11(16)9-12(10)18-15(20)13-3-2-4-14-17-7-8-19(13)14/h2-9H,1H3,(H,18,20). The summed E-state index contributed by atoms with van der Waals surface area (Å²) in [7, 11) is 0. The zero-order valence-corrected chi connectivity index (χ0v) is 11.6. The molecule has 2 heterocycles. The summed E-state index contributed by atoms with van der Waals surface area (Å²) in [6.07, 6.45) is 3.42. The van der Waals surface area contributed by atoms with Gasteiger partial charge in [0.2, 0.25) is 0 Å². The van der Waals surface area contributed by atoms with Crippen molar-refractivity contribution in [2.24, 2.45) is 0 Å². The second kappa shape index (κ2) is 4.98. The van der Waals surface area contributed by atoms with Crippen molar-refractivity contribution >= 4 is 28.8 Å². The maximum absolute atomic E-state index is 12.4. The van der Waals surface area contributed by atoms with Gasteiger partial charge in [-0.1, -0.05) is 23.7 Å². The minimum atomic E-state index is -0.195. The molecule has 0 spiro atoms. The minimum Gasteiger partial charge on any atom is -0.320 e. The van der Waals surface area contributed by atoms with Gasteiger partial charge < -0.3 is 5.32 Å². The largest absolute Gasteiger partial charge is 0.320 e. The van der Waals surface area contributed by atoms with Crippen molar-refractivity contribution in [2.45, 2.75) is 6.92 Å². The maximum atomic E-state index is 12.4. The number of imidazole rings is 1. The highest BCUT2D eigenvalue weighted by atomic mass is 35.5. The second-order valence-electron chi connectivity index (χ2n) is 4.48. The number of pyridine rings is 1. The fourth-order valence-electron chi connectivity index (χ4n) is 2.05. The first-order valence-corrected chi connectivity index (χ1v) is 6.52. The normalized spacial score (nSPS) is 10.7. The second-order valence-corrected chi connectivity index (χ2v) is 4.92. The predicted octanol–water partition coefficient (Wildman–Crippen LogP) is 3.55. The number of hydrogen-bond donors (Lipinski definition) is 1. The average Bonchev–Trinajstić information content (AvgIpc) is 2.91. The topological polar surface area (TPSA) is 46.4 Å². The van der Waals surface area contributed by atoms with Gasteiger partial charge in [0.05, 0.1) is 0 Å². The molecule has 1 amide bonds. The van der Waals surface area contributed by atoms with Crippen molar-refractivity contribution in [3.05, 3.63) is 65.1 Å². The lowest BCUT2D eigenvalue weighted by Gasteiger charge is -2.10. The molecule has 0 radical (unpaired) electrons. The predicted molar refractivity (Wildman–Crippen MR) is 79.3 cm³/mol. The van der Waals surface area contributed by atoms with Gasteiger partial charge in [-0.05, 0) is 36.8 Å². The number of carbonyl (C=O) groups is 1. The molecule has 3 aromatic rings. The number of nitrogens with one attached hydrogen (secondary N) is 1. The highest BCUT2D eigenvalue weighted by molar-refractivity contribution is 6.31. The third-order valence-electron chi connectivity index (χ3n) is 3.11. The molecule has 100 valence electrons. The van der Waals surface area contributed by atoms with Crippen LogP contribution in [0.15, 0.2) is 48.8 Å². The summed E-state index contributed by atoms with van der Waals surface area (Å²) in [6.45, 7) is 1.92. The van der Waals surface area contributed by atoms with Crippen molar-refractivity contribution in [1.29, 1.82) is 0 Å². The monoisotopic (exact) mass is 285 g/mol. The molecule has 0 aliphatic carbocycles. The molecule has 1 N–H and O–H groups in total. The number of rotatable bonds is 2. The van der Waals surface area contributed by atoms with Crippen molar-refractivity contribution in [3.8, 4) is 0 Å². The summed E-state index contributed by atoms with van der Waals surface area (Å²) in [5, 5.41) is 3.47. The third-order valence-corrected chi connectivity index (χ3v) is 3.34. The number of fused-ring (bicyclic) bond motifs is 1. The van der Waals surface area contributed by atoms with Crippen LogP contribution < -0.4 is 5.32 Å². The van der Waals surface area contributed by atoms with Crippen LogP contribution in [0.3, 0.4) is 0 Å². The van der Waals surface area contributed by atoms with E-state index < -0.39 is 0 Å². The minimum absolute atomic E-state index is 0.195. The number of nitrogens with zero attached hydrogens (tertiary/aromatic N) is 2. The third kappa shape index (κ3) is 2.26. The number of aryl methyl sites for hydroxylation is 1. The molecule has 2 aromatic heterocycles. The quantitative estimate of drug-likeness (QED) is 0.783. The van der Waals surface area contributed by atoms with Crippen LogP contribution >= 0.6 is 11.6 Å². The van der Waals surface area contributed by atoms with Crippen molar-refractivity contribution in [3.63, 3.8) is 0 Å². The molecule has 5 heteroatoms. The molecular formula is C15H12ClN3O. The fourth-order valence-corrected chi connectivity index (χ4v) is 2.22. The van der Waals surface area contributed by atoms with Gasteiger partial charge in [0.25, 0.3) is 5.91 Å². The lowest BCUT2D eigenvalue weighted by molar-refractivity contribution is 0.102. The van der Waals surface area contributed by atoms with Gasteiger partial charge in [-0.3, -0.25) is 9.20 Å². The van der Waals surface area contributed by atoms with Crippen molar-refractivity contribution in [2.75, 3.05) is 5.32 Å². The molecule has 0 saturated heterocycles. The lowest BCUT2D eigenvalue weighted by Crippen LogP contribution is -2.16. The first-order valence-electron chi connectivity index (χ1n) is 6.15. The van der Waals surface area contributed by atoms with Crippen LogP contribution in [0.2, 0.25) is 5.02 Å². The molecule has 0 aliphatic rings. The van der Waals surface area contributed by atoms with Gasteiger partial charge >= 0.3 is 0 Å². The van der Waals surface area contributed by atoms with Gasteiger partial charge in [0, 0.05) is 23.1 Å². The van der Waals surface area contributed by atoms with E-state index >= 15 is 0 Å². The van der Waals surface area contributed by atoms with Gasteiger partial charge in [-0.25, -0.2) is 4.98 Å². The molecule has 1 aromatic carbocycles. The molecule has 0 bridgehead atoms. The number of amides is 1. The Morgan fingerprint density at radius 2 is 2.15 bits per heavy atom. The van der Waals surface area contributed by atoms with Crippen LogP contribution in [0.25, 0.3) is 5.65 Å². The van der Waals surface area contributed by atoms with Crippen molar-refractivity contribution < 1.29 is 4.79 Å². The Labute approximate surface area is 121 Å². The summed E-state index contributed by atoms with van der Waals surface area (Å²) in [5.41, 5.74) is 2.93. The van der Waals surface area contributed by atoms with E-state index in [2.05, 4.69) is 10.3 Å². The summed E-state index contributed by atoms with van der Waals surface area (Å²) < 4.78 is 1.75.